The standard InChI is InChI=1S/C16H27N3S/c1-13-6-8-15(9-7-13)14(2)12-19-16(17-3)18-10-5-11-20-4/h6-9,14H,5,10-12H2,1-4H3,(H2,17,18,19). The fraction of sp³-hybridized carbons (Fsp3) is 0.562. The Hall–Kier alpha value is -1.16. The van der Waals surface area contributed by atoms with E-state index in [2.05, 4.69) is 60.0 Å². The molecule has 2 N–H and O–H groups in total. The minimum absolute atomic E-state index is 0.473. The SMILES string of the molecule is CN=C(NCCCSC)NCC(C)c1ccc(C)cc1. The molecule has 1 aromatic carbocycles. The molecule has 20 heavy (non-hydrogen) atoms. The summed E-state index contributed by atoms with van der Waals surface area (Å²) in [6, 6.07) is 8.75. The first-order valence-electron chi connectivity index (χ1n) is 7.17. The monoisotopic (exact) mass is 293 g/mol. The van der Waals surface area contributed by atoms with Crippen LogP contribution in [0.2, 0.25) is 0 Å². The molecule has 1 rings (SSSR count). The largest absolute Gasteiger partial charge is 0.356 e. The van der Waals surface area contributed by atoms with E-state index in [1.807, 2.05) is 18.8 Å². The zero-order valence-electron chi connectivity index (χ0n) is 13.1. The number of rotatable bonds is 7. The Balaban J connectivity index is 2.34. The Bertz CT molecular complexity index is 401. The molecule has 0 aliphatic heterocycles. The summed E-state index contributed by atoms with van der Waals surface area (Å²) >= 11 is 1.88. The lowest BCUT2D eigenvalue weighted by molar-refractivity contribution is 0.696. The quantitative estimate of drug-likeness (QED) is 0.461. The van der Waals surface area contributed by atoms with E-state index in [-0.39, 0.29) is 0 Å². The van der Waals surface area contributed by atoms with Gasteiger partial charge in [-0.2, -0.15) is 11.8 Å². The van der Waals surface area contributed by atoms with Crippen LogP contribution in [0, 0.1) is 6.92 Å². The summed E-state index contributed by atoms with van der Waals surface area (Å²) in [5.74, 6) is 2.55. The van der Waals surface area contributed by atoms with Crippen LogP contribution in [0.4, 0.5) is 0 Å². The second-order valence-corrected chi connectivity index (χ2v) is 6.02. The van der Waals surface area contributed by atoms with Crippen LogP contribution in [0.15, 0.2) is 29.3 Å². The molecule has 0 heterocycles. The summed E-state index contributed by atoms with van der Waals surface area (Å²) in [4.78, 5) is 4.25. The first-order valence-corrected chi connectivity index (χ1v) is 8.56. The number of thioether (sulfide) groups is 1. The lowest BCUT2D eigenvalue weighted by Crippen LogP contribution is -2.39. The molecule has 0 aromatic heterocycles. The Morgan fingerprint density at radius 1 is 1.25 bits per heavy atom. The van der Waals surface area contributed by atoms with E-state index in [0.29, 0.717) is 5.92 Å². The van der Waals surface area contributed by atoms with Crippen LogP contribution >= 0.6 is 11.8 Å². The number of hydrogen-bond acceptors (Lipinski definition) is 2. The van der Waals surface area contributed by atoms with Crippen molar-refractivity contribution < 1.29 is 0 Å². The van der Waals surface area contributed by atoms with Crippen molar-refractivity contribution in [1.82, 2.24) is 10.6 Å². The van der Waals surface area contributed by atoms with E-state index < -0.39 is 0 Å². The molecule has 4 heteroatoms. The van der Waals surface area contributed by atoms with Crippen molar-refractivity contribution >= 4 is 17.7 Å². The molecular weight excluding hydrogens is 266 g/mol. The number of benzene rings is 1. The van der Waals surface area contributed by atoms with E-state index in [4.69, 9.17) is 0 Å². The molecular formula is C16H27N3S. The molecule has 0 aliphatic carbocycles. The maximum absolute atomic E-state index is 4.25. The van der Waals surface area contributed by atoms with Crippen LogP contribution in [0.1, 0.15) is 30.4 Å². The maximum Gasteiger partial charge on any atom is 0.190 e. The van der Waals surface area contributed by atoms with Gasteiger partial charge in [0.15, 0.2) is 5.96 Å². The van der Waals surface area contributed by atoms with Gasteiger partial charge >= 0.3 is 0 Å². The lowest BCUT2D eigenvalue weighted by atomic mass is 10.0. The van der Waals surface area contributed by atoms with Gasteiger partial charge in [0.1, 0.15) is 0 Å². The van der Waals surface area contributed by atoms with Crippen molar-refractivity contribution in [3.8, 4) is 0 Å². The second kappa shape index (κ2) is 9.70. The van der Waals surface area contributed by atoms with Gasteiger partial charge in [-0.25, -0.2) is 0 Å². The molecule has 0 saturated heterocycles. The van der Waals surface area contributed by atoms with Gasteiger partial charge < -0.3 is 10.6 Å². The summed E-state index contributed by atoms with van der Waals surface area (Å²) < 4.78 is 0. The van der Waals surface area contributed by atoms with E-state index in [0.717, 1.165) is 25.5 Å². The highest BCUT2D eigenvalue weighted by atomic mass is 32.2. The number of hydrogen-bond donors (Lipinski definition) is 2. The highest BCUT2D eigenvalue weighted by Crippen LogP contribution is 2.14. The van der Waals surface area contributed by atoms with Crippen LogP contribution in [-0.4, -0.2) is 38.1 Å². The number of aliphatic imine (C=N–C) groups is 1. The van der Waals surface area contributed by atoms with E-state index in [1.54, 1.807) is 0 Å². The van der Waals surface area contributed by atoms with Crippen molar-refractivity contribution in [3.63, 3.8) is 0 Å². The average molecular weight is 293 g/mol. The molecule has 0 bridgehead atoms. The van der Waals surface area contributed by atoms with Gasteiger partial charge in [0.2, 0.25) is 0 Å². The van der Waals surface area contributed by atoms with Gasteiger partial charge in [-0.05, 0) is 36.8 Å². The Labute approximate surface area is 127 Å². The molecule has 1 unspecified atom stereocenters. The molecule has 0 aliphatic rings. The van der Waals surface area contributed by atoms with Crippen LogP contribution < -0.4 is 10.6 Å². The highest BCUT2D eigenvalue weighted by molar-refractivity contribution is 7.98. The first kappa shape index (κ1) is 16.9. The third-order valence-corrected chi connectivity index (χ3v) is 3.96. The number of nitrogens with zero attached hydrogens (tertiary/aromatic N) is 1. The van der Waals surface area contributed by atoms with E-state index in [9.17, 15) is 0 Å². The normalized spacial score (nSPS) is 13.1. The van der Waals surface area contributed by atoms with Crippen LogP contribution in [0.3, 0.4) is 0 Å². The van der Waals surface area contributed by atoms with Crippen molar-refractivity contribution in [2.45, 2.75) is 26.2 Å². The summed E-state index contributed by atoms with van der Waals surface area (Å²) in [6.45, 7) is 6.22. The topological polar surface area (TPSA) is 36.4 Å². The molecule has 0 spiro atoms. The number of guanidine groups is 1. The Kier molecular flexibility index (Phi) is 8.19. The van der Waals surface area contributed by atoms with E-state index in [1.165, 1.54) is 16.9 Å². The fourth-order valence-corrected chi connectivity index (χ4v) is 2.34. The molecule has 0 radical (unpaired) electrons. The summed E-state index contributed by atoms with van der Waals surface area (Å²) in [7, 11) is 1.82. The molecule has 1 aromatic rings. The molecule has 0 fully saturated rings. The second-order valence-electron chi connectivity index (χ2n) is 5.04. The number of nitrogens with one attached hydrogen (secondary N) is 2. The van der Waals surface area contributed by atoms with Crippen LogP contribution in [-0.2, 0) is 0 Å². The van der Waals surface area contributed by atoms with Crippen molar-refractivity contribution in [3.05, 3.63) is 35.4 Å². The number of aryl methyl sites for hydroxylation is 1. The van der Waals surface area contributed by atoms with Gasteiger partial charge in [-0.3, -0.25) is 4.99 Å². The molecule has 3 nitrogen and oxygen atoms in total. The van der Waals surface area contributed by atoms with Crippen molar-refractivity contribution in [2.24, 2.45) is 4.99 Å². The van der Waals surface area contributed by atoms with E-state index >= 15 is 0 Å². The van der Waals surface area contributed by atoms with Crippen LogP contribution in [0.5, 0.6) is 0 Å². The predicted molar refractivity (Wildman–Crippen MR) is 92.0 cm³/mol. The first-order chi connectivity index (χ1) is 9.67. The molecule has 0 saturated carbocycles. The Morgan fingerprint density at radius 3 is 2.55 bits per heavy atom. The van der Waals surface area contributed by atoms with Gasteiger partial charge in [-0.1, -0.05) is 36.8 Å². The van der Waals surface area contributed by atoms with Gasteiger partial charge in [-0.15, -0.1) is 0 Å². The minimum atomic E-state index is 0.473. The summed E-state index contributed by atoms with van der Waals surface area (Å²) in [5, 5.41) is 6.74. The smallest absolute Gasteiger partial charge is 0.190 e. The van der Waals surface area contributed by atoms with Gasteiger partial charge in [0.25, 0.3) is 0 Å². The molecule has 0 amide bonds. The Morgan fingerprint density at radius 2 is 1.95 bits per heavy atom. The maximum atomic E-state index is 4.25. The van der Waals surface area contributed by atoms with Gasteiger partial charge in [0.05, 0.1) is 0 Å². The zero-order chi connectivity index (χ0) is 14.8. The van der Waals surface area contributed by atoms with Gasteiger partial charge in [0, 0.05) is 20.1 Å². The predicted octanol–water partition coefficient (Wildman–Crippen LogP) is 3.02. The third kappa shape index (κ3) is 6.33. The van der Waals surface area contributed by atoms with Crippen LogP contribution in [0.25, 0.3) is 0 Å². The van der Waals surface area contributed by atoms with Crippen molar-refractivity contribution in [2.75, 3.05) is 32.1 Å². The molecule has 112 valence electrons. The lowest BCUT2D eigenvalue weighted by Gasteiger charge is -2.16. The highest BCUT2D eigenvalue weighted by Gasteiger charge is 2.06. The molecule has 1 atom stereocenters. The minimum Gasteiger partial charge on any atom is -0.356 e. The third-order valence-electron chi connectivity index (χ3n) is 3.26. The zero-order valence-corrected chi connectivity index (χ0v) is 13.9. The summed E-state index contributed by atoms with van der Waals surface area (Å²) in [5.41, 5.74) is 2.67. The summed E-state index contributed by atoms with van der Waals surface area (Å²) in [6.07, 6.45) is 3.30. The average Bonchev–Trinajstić information content (AvgIpc) is 2.47. The fourth-order valence-electron chi connectivity index (χ4n) is 1.91. The van der Waals surface area contributed by atoms with Crippen molar-refractivity contribution in [1.29, 1.82) is 0 Å².